The summed E-state index contributed by atoms with van der Waals surface area (Å²) in [5.41, 5.74) is 2.69. The van der Waals surface area contributed by atoms with Crippen LogP contribution in [0.2, 0.25) is 0 Å². The number of ether oxygens (including phenoxy) is 2. The molecule has 32 heavy (non-hydrogen) atoms. The molecule has 1 unspecified atom stereocenters. The minimum Gasteiger partial charge on any atom is -0.493 e. The lowest BCUT2D eigenvalue weighted by atomic mass is 10.1. The van der Waals surface area contributed by atoms with E-state index in [1.54, 1.807) is 37.4 Å². The lowest BCUT2D eigenvalue weighted by Gasteiger charge is -2.18. The van der Waals surface area contributed by atoms with E-state index in [0.717, 1.165) is 11.1 Å². The maximum absolute atomic E-state index is 12.9. The average Bonchev–Trinajstić information content (AvgIpc) is 3.30. The summed E-state index contributed by atoms with van der Waals surface area (Å²) in [6.45, 7) is 7.64. The molecule has 0 aliphatic rings. The molecule has 3 rings (SSSR count). The number of aryl methyl sites for hydroxylation is 1. The van der Waals surface area contributed by atoms with E-state index >= 15 is 0 Å². The van der Waals surface area contributed by atoms with Gasteiger partial charge in [-0.15, -0.1) is 0 Å². The highest BCUT2D eigenvalue weighted by molar-refractivity contribution is 6.04. The SMILES string of the molecule is COc1cc(C(C)NC(=O)c2ccc(C)c(NC(=O)c3ccco3)c2)ccc1OC(C)C. The number of hydrogen-bond donors (Lipinski definition) is 2. The van der Waals surface area contributed by atoms with Crippen molar-refractivity contribution in [2.45, 2.75) is 39.8 Å². The zero-order chi connectivity index (χ0) is 23.3. The predicted molar refractivity (Wildman–Crippen MR) is 122 cm³/mol. The van der Waals surface area contributed by atoms with Crippen molar-refractivity contribution in [3.8, 4) is 11.5 Å². The zero-order valence-electron chi connectivity index (χ0n) is 18.9. The summed E-state index contributed by atoms with van der Waals surface area (Å²) in [5.74, 6) is 0.829. The molecule has 1 heterocycles. The Balaban J connectivity index is 1.73. The summed E-state index contributed by atoms with van der Waals surface area (Å²) in [5, 5.41) is 5.77. The number of rotatable bonds is 8. The third-order valence-corrected chi connectivity index (χ3v) is 4.89. The van der Waals surface area contributed by atoms with Gasteiger partial charge in [-0.3, -0.25) is 9.59 Å². The maximum Gasteiger partial charge on any atom is 0.291 e. The van der Waals surface area contributed by atoms with E-state index in [1.807, 2.05) is 45.9 Å². The van der Waals surface area contributed by atoms with Crippen LogP contribution in [0, 0.1) is 6.92 Å². The molecule has 0 aliphatic heterocycles. The van der Waals surface area contributed by atoms with Crippen LogP contribution in [0.4, 0.5) is 5.69 Å². The second-order valence-corrected chi connectivity index (χ2v) is 7.73. The van der Waals surface area contributed by atoms with Gasteiger partial charge in [-0.05, 0) is 75.2 Å². The van der Waals surface area contributed by atoms with Crippen molar-refractivity contribution >= 4 is 17.5 Å². The minimum absolute atomic E-state index is 0.0240. The van der Waals surface area contributed by atoms with Crippen LogP contribution in [0.3, 0.4) is 0 Å². The fourth-order valence-corrected chi connectivity index (χ4v) is 3.16. The Hall–Kier alpha value is -3.74. The first-order valence-electron chi connectivity index (χ1n) is 10.4. The largest absolute Gasteiger partial charge is 0.493 e. The van der Waals surface area contributed by atoms with Crippen molar-refractivity contribution in [3.05, 3.63) is 77.2 Å². The number of methoxy groups -OCH3 is 1. The third kappa shape index (κ3) is 5.49. The molecule has 0 fully saturated rings. The second kappa shape index (κ2) is 10.0. The molecule has 1 atom stereocenters. The van der Waals surface area contributed by atoms with Gasteiger partial charge < -0.3 is 24.5 Å². The van der Waals surface area contributed by atoms with Gasteiger partial charge in [0.1, 0.15) is 0 Å². The highest BCUT2D eigenvalue weighted by Crippen LogP contribution is 2.31. The Labute approximate surface area is 187 Å². The first kappa shape index (κ1) is 22.9. The molecule has 0 aliphatic carbocycles. The van der Waals surface area contributed by atoms with Crippen molar-refractivity contribution in [1.29, 1.82) is 0 Å². The average molecular weight is 437 g/mol. The number of benzene rings is 2. The standard InChI is InChI=1S/C25H28N2O5/c1-15(2)32-21-11-10-18(14-23(21)30-5)17(4)26-24(28)19-9-8-16(3)20(13-19)27-25(29)22-7-6-12-31-22/h6-15,17H,1-5H3,(H,26,28)(H,27,29). The lowest BCUT2D eigenvalue weighted by molar-refractivity contribution is 0.0938. The van der Waals surface area contributed by atoms with E-state index in [-0.39, 0.29) is 29.7 Å². The first-order chi connectivity index (χ1) is 15.3. The Kier molecular flexibility index (Phi) is 7.20. The van der Waals surface area contributed by atoms with Gasteiger partial charge in [-0.1, -0.05) is 12.1 Å². The molecule has 0 saturated carbocycles. The van der Waals surface area contributed by atoms with Crippen LogP contribution in [0.15, 0.2) is 59.2 Å². The topological polar surface area (TPSA) is 89.8 Å². The fraction of sp³-hybridized carbons (Fsp3) is 0.280. The van der Waals surface area contributed by atoms with Crippen molar-refractivity contribution < 1.29 is 23.5 Å². The van der Waals surface area contributed by atoms with Crippen LogP contribution in [0.25, 0.3) is 0 Å². The number of carbonyl (C=O) groups is 2. The molecule has 7 nitrogen and oxygen atoms in total. The molecule has 0 bridgehead atoms. The van der Waals surface area contributed by atoms with Gasteiger partial charge in [0.05, 0.1) is 25.5 Å². The number of nitrogens with one attached hydrogen (secondary N) is 2. The minimum atomic E-state index is -0.375. The summed E-state index contributed by atoms with van der Waals surface area (Å²) >= 11 is 0. The Morgan fingerprint density at radius 1 is 0.969 bits per heavy atom. The van der Waals surface area contributed by atoms with E-state index < -0.39 is 0 Å². The predicted octanol–water partition coefficient (Wildman–Crippen LogP) is 5.13. The monoisotopic (exact) mass is 436 g/mol. The summed E-state index contributed by atoms with van der Waals surface area (Å²) in [7, 11) is 1.58. The van der Waals surface area contributed by atoms with Gasteiger partial charge >= 0.3 is 0 Å². The van der Waals surface area contributed by atoms with Crippen LogP contribution >= 0.6 is 0 Å². The molecule has 2 aromatic carbocycles. The fourth-order valence-electron chi connectivity index (χ4n) is 3.16. The van der Waals surface area contributed by atoms with Gasteiger partial charge in [0.2, 0.25) is 0 Å². The van der Waals surface area contributed by atoms with E-state index in [9.17, 15) is 9.59 Å². The van der Waals surface area contributed by atoms with E-state index in [0.29, 0.717) is 22.7 Å². The van der Waals surface area contributed by atoms with Crippen LogP contribution in [0.5, 0.6) is 11.5 Å². The second-order valence-electron chi connectivity index (χ2n) is 7.73. The summed E-state index contributed by atoms with van der Waals surface area (Å²) in [6.07, 6.45) is 1.46. The highest BCUT2D eigenvalue weighted by Gasteiger charge is 2.17. The number of amides is 2. The molecule has 2 N–H and O–H groups in total. The van der Waals surface area contributed by atoms with Gasteiger partial charge in [0.25, 0.3) is 11.8 Å². The molecular weight excluding hydrogens is 408 g/mol. The molecule has 1 aromatic heterocycles. The van der Waals surface area contributed by atoms with Gasteiger partial charge in [0, 0.05) is 11.3 Å². The normalized spacial score (nSPS) is 11.7. The molecule has 2 amide bonds. The highest BCUT2D eigenvalue weighted by atomic mass is 16.5. The molecule has 7 heteroatoms. The van der Waals surface area contributed by atoms with E-state index in [4.69, 9.17) is 13.9 Å². The van der Waals surface area contributed by atoms with Crippen LogP contribution < -0.4 is 20.1 Å². The molecular formula is C25H28N2O5. The zero-order valence-corrected chi connectivity index (χ0v) is 18.9. The lowest BCUT2D eigenvalue weighted by Crippen LogP contribution is -2.27. The van der Waals surface area contributed by atoms with Gasteiger partial charge in [0.15, 0.2) is 17.3 Å². The smallest absolute Gasteiger partial charge is 0.291 e. The van der Waals surface area contributed by atoms with Crippen molar-refractivity contribution in [2.24, 2.45) is 0 Å². The summed E-state index contributed by atoms with van der Waals surface area (Å²) in [6, 6.07) is 13.7. The number of hydrogen-bond acceptors (Lipinski definition) is 5. The van der Waals surface area contributed by atoms with Crippen LogP contribution in [-0.2, 0) is 0 Å². The Morgan fingerprint density at radius 3 is 2.41 bits per heavy atom. The van der Waals surface area contributed by atoms with E-state index in [2.05, 4.69) is 10.6 Å². The Morgan fingerprint density at radius 2 is 1.75 bits per heavy atom. The maximum atomic E-state index is 12.9. The van der Waals surface area contributed by atoms with Crippen molar-refractivity contribution in [3.63, 3.8) is 0 Å². The molecule has 0 saturated heterocycles. The van der Waals surface area contributed by atoms with Crippen molar-refractivity contribution in [1.82, 2.24) is 5.32 Å². The van der Waals surface area contributed by atoms with Crippen LogP contribution in [0.1, 0.15) is 58.9 Å². The summed E-state index contributed by atoms with van der Waals surface area (Å²) in [4.78, 5) is 25.2. The van der Waals surface area contributed by atoms with Crippen LogP contribution in [-0.4, -0.2) is 25.0 Å². The number of furan rings is 1. The quantitative estimate of drug-likeness (QED) is 0.511. The molecule has 0 spiro atoms. The van der Waals surface area contributed by atoms with E-state index in [1.165, 1.54) is 6.26 Å². The number of carbonyl (C=O) groups excluding carboxylic acids is 2. The third-order valence-electron chi connectivity index (χ3n) is 4.89. The summed E-state index contributed by atoms with van der Waals surface area (Å²) < 4.78 is 16.3. The molecule has 3 aromatic rings. The number of anilines is 1. The van der Waals surface area contributed by atoms with Crippen molar-refractivity contribution in [2.75, 3.05) is 12.4 Å². The first-order valence-corrected chi connectivity index (χ1v) is 10.4. The molecule has 168 valence electrons. The Bertz CT molecular complexity index is 1090. The van der Waals surface area contributed by atoms with Gasteiger partial charge in [-0.25, -0.2) is 0 Å². The molecule has 0 radical (unpaired) electrons. The van der Waals surface area contributed by atoms with Gasteiger partial charge in [-0.2, -0.15) is 0 Å².